The van der Waals surface area contributed by atoms with Gasteiger partial charge in [-0.25, -0.2) is 0 Å². The summed E-state index contributed by atoms with van der Waals surface area (Å²) in [4.78, 5) is 0. The van der Waals surface area contributed by atoms with E-state index in [1.54, 1.807) is 7.11 Å². The molecule has 1 aromatic carbocycles. The normalized spacial score (nSPS) is 9.64. The quantitative estimate of drug-likeness (QED) is 0.654. The van der Waals surface area contributed by atoms with E-state index in [1.165, 1.54) is 5.56 Å². The maximum absolute atomic E-state index is 5.58. The van der Waals surface area contributed by atoms with Crippen molar-refractivity contribution < 1.29 is 4.74 Å². The second kappa shape index (κ2) is 3.28. The van der Waals surface area contributed by atoms with Crippen LogP contribution in [0, 0.1) is 0 Å². The largest absolute Gasteiger partial charge is 0.496 e. The zero-order valence-corrected chi connectivity index (χ0v) is 6.92. The van der Waals surface area contributed by atoms with Crippen LogP contribution in [-0.4, -0.2) is 7.11 Å². The number of nitrogens with two attached hydrogens (primary N) is 1. The molecule has 2 N–H and O–H groups in total. The molecule has 0 saturated heterocycles. The Morgan fingerprint density at radius 3 is 2.73 bits per heavy atom. The van der Waals surface area contributed by atoms with Gasteiger partial charge in [-0.15, -0.1) is 0 Å². The smallest absolute Gasteiger partial charge is 0.124 e. The van der Waals surface area contributed by atoms with E-state index in [9.17, 15) is 0 Å². The Kier molecular flexibility index (Phi) is 2.36. The molecule has 0 atom stereocenters. The van der Waals surface area contributed by atoms with Gasteiger partial charge in [-0.05, 0) is 18.1 Å². The second-order valence-electron chi connectivity index (χ2n) is 2.42. The number of methoxy groups -OCH3 is 1. The van der Waals surface area contributed by atoms with E-state index in [2.05, 4.69) is 6.92 Å². The molecule has 2 heteroatoms. The van der Waals surface area contributed by atoms with Crippen molar-refractivity contribution in [2.75, 3.05) is 12.8 Å². The minimum absolute atomic E-state index is 0.749. The molecule has 0 amide bonds. The summed E-state index contributed by atoms with van der Waals surface area (Å²) in [5, 5.41) is 0. The lowest BCUT2D eigenvalue weighted by Gasteiger charge is -2.06. The molecule has 1 rings (SSSR count). The van der Waals surface area contributed by atoms with Gasteiger partial charge >= 0.3 is 0 Å². The van der Waals surface area contributed by atoms with Crippen LogP contribution in [0.3, 0.4) is 0 Å². The Morgan fingerprint density at radius 2 is 2.18 bits per heavy atom. The molecule has 0 unspecified atom stereocenters. The first-order chi connectivity index (χ1) is 5.27. The van der Waals surface area contributed by atoms with Gasteiger partial charge in [0.15, 0.2) is 0 Å². The summed E-state index contributed by atoms with van der Waals surface area (Å²) < 4.78 is 5.14. The fourth-order valence-electron chi connectivity index (χ4n) is 1.05. The van der Waals surface area contributed by atoms with E-state index in [4.69, 9.17) is 10.5 Å². The molecule has 0 radical (unpaired) electrons. The van der Waals surface area contributed by atoms with Gasteiger partial charge in [0.05, 0.1) is 7.11 Å². The van der Waals surface area contributed by atoms with Crippen LogP contribution in [0.1, 0.15) is 12.5 Å². The summed E-state index contributed by atoms with van der Waals surface area (Å²) in [5.41, 5.74) is 7.52. The van der Waals surface area contributed by atoms with Gasteiger partial charge in [0.1, 0.15) is 5.75 Å². The molecule has 0 aliphatic heterocycles. The third kappa shape index (κ3) is 1.64. The molecule has 1 aromatic rings. The Hall–Kier alpha value is -1.18. The van der Waals surface area contributed by atoms with E-state index in [1.807, 2.05) is 18.2 Å². The van der Waals surface area contributed by atoms with E-state index in [-0.39, 0.29) is 0 Å². The first kappa shape index (κ1) is 7.92. The maximum Gasteiger partial charge on any atom is 0.124 e. The van der Waals surface area contributed by atoms with Gasteiger partial charge in [0.25, 0.3) is 0 Å². The topological polar surface area (TPSA) is 35.2 Å². The molecule has 60 valence electrons. The summed E-state index contributed by atoms with van der Waals surface area (Å²) in [6.45, 7) is 2.09. The lowest BCUT2D eigenvalue weighted by atomic mass is 10.1. The standard InChI is InChI=1S/C9H13NO/c1-3-7-4-5-8(10)6-9(7)11-2/h4-6H,3,10H2,1-2H3. The average Bonchev–Trinajstić information content (AvgIpc) is 2.04. The molecule has 0 heterocycles. The van der Waals surface area contributed by atoms with Crippen LogP contribution in [0.5, 0.6) is 5.75 Å². The molecule has 0 aliphatic carbocycles. The van der Waals surface area contributed by atoms with E-state index >= 15 is 0 Å². The van der Waals surface area contributed by atoms with Crippen LogP contribution in [0.25, 0.3) is 0 Å². The fourth-order valence-corrected chi connectivity index (χ4v) is 1.05. The number of nitrogen functional groups attached to an aromatic ring is 1. The van der Waals surface area contributed by atoms with Gasteiger partial charge < -0.3 is 10.5 Å². The number of rotatable bonds is 2. The number of hydrogen-bond acceptors (Lipinski definition) is 2. The zero-order valence-electron chi connectivity index (χ0n) is 6.92. The fraction of sp³-hybridized carbons (Fsp3) is 0.333. The number of benzene rings is 1. The first-order valence-corrected chi connectivity index (χ1v) is 3.70. The highest BCUT2D eigenvalue weighted by Crippen LogP contribution is 2.21. The van der Waals surface area contributed by atoms with E-state index in [0.29, 0.717) is 0 Å². The molecule has 11 heavy (non-hydrogen) atoms. The highest BCUT2D eigenvalue weighted by atomic mass is 16.5. The number of anilines is 1. The van der Waals surface area contributed by atoms with Crippen LogP contribution in [0.4, 0.5) is 5.69 Å². The van der Waals surface area contributed by atoms with Crippen molar-refractivity contribution in [2.45, 2.75) is 13.3 Å². The van der Waals surface area contributed by atoms with Crippen molar-refractivity contribution in [2.24, 2.45) is 0 Å². The summed E-state index contributed by atoms with van der Waals surface area (Å²) in [5.74, 6) is 0.882. The third-order valence-electron chi connectivity index (χ3n) is 1.69. The predicted octanol–water partition coefficient (Wildman–Crippen LogP) is 1.84. The summed E-state index contributed by atoms with van der Waals surface area (Å²) in [6.07, 6.45) is 0.976. The Morgan fingerprint density at radius 1 is 1.45 bits per heavy atom. The Balaban J connectivity index is 3.06. The molecule has 0 saturated carbocycles. The molecular formula is C9H13NO. The number of hydrogen-bond donors (Lipinski definition) is 1. The van der Waals surface area contributed by atoms with Crippen molar-refractivity contribution in [3.8, 4) is 5.75 Å². The molecule has 0 aliphatic rings. The van der Waals surface area contributed by atoms with Crippen LogP contribution in [0.15, 0.2) is 18.2 Å². The summed E-state index contributed by atoms with van der Waals surface area (Å²) in [6, 6.07) is 5.73. The molecule has 2 nitrogen and oxygen atoms in total. The van der Waals surface area contributed by atoms with Gasteiger partial charge in [0.2, 0.25) is 0 Å². The summed E-state index contributed by atoms with van der Waals surface area (Å²) >= 11 is 0. The van der Waals surface area contributed by atoms with E-state index < -0.39 is 0 Å². The average molecular weight is 151 g/mol. The summed E-state index contributed by atoms with van der Waals surface area (Å²) in [7, 11) is 1.66. The minimum atomic E-state index is 0.749. The van der Waals surface area contributed by atoms with Crippen molar-refractivity contribution in [1.82, 2.24) is 0 Å². The SMILES string of the molecule is CCc1ccc(N)cc1OC. The Labute approximate surface area is 67.0 Å². The van der Waals surface area contributed by atoms with Gasteiger partial charge in [-0.1, -0.05) is 13.0 Å². The molecule has 0 fully saturated rings. The highest BCUT2D eigenvalue weighted by molar-refractivity contribution is 5.48. The number of ether oxygens (including phenoxy) is 1. The molecule has 0 spiro atoms. The van der Waals surface area contributed by atoms with Crippen molar-refractivity contribution in [3.05, 3.63) is 23.8 Å². The zero-order chi connectivity index (χ0) is 8.27. The molecule has 0 aromatic heterocycles. The van der Waals surface area contributed by atoms with Crippen LogP contribution in [0.2, 0.25) is 0 Å². The molecule has 0 bridgehead atoms. The van der Waals surface area contributed by atoms with Gasteiger partial charge in [-0.3, -0.25) is 0 Å². The monoisotopic (exact) mass is 151 g/mol. The number of aryl methyl sites for hydroxylation is 1. The maximum atomic E-state index is 5.58. The highest BCUT2D eigenvalue weighted by Gasteiger charge is 1.99. The van der Waals surface area contributed by atoms with Crippen molar-refractivity contribution >= 4 is 5.69 Å². The first-order valence-electron chi connectivity index (χ1n) is 3.70. The van der Waals surface area contributed by atoms with Crippen molar-refractivity contribution in [1.29, 1.82) is 0 Å². The second-order valence-corrected chi connectivity index (χ2v) is 2.42. The van der Waals surface area contributed by atoms with Gasteiger partial charge in [0, 0.05) is 11.8 Å². The predicted molar refractivity (Wildman–Crippen MR) is 46.8 cm³/mol. The van der Waals surface area contributed by atoms with Crippen molar-refractivity contribution in [3.63, 3.8) is 0 Å². The lowest BCUT2D eigenvalue weighted by molar-refractivity contribution is 0.410. The minimum Gasteiger partial charge on any atom is -0.496 e. The van der Waals surface area contributed by atoms with E-state index in [0.717, 1.165) is 17.9 Å². The van der Waals surface area contributed by atoms with Crippen LogP contribution in [-0.2, 0) is 6.42 Å². The Bertz CT molecular complexity index is 245. The third-order valence-corrected chi connectivity index (χ3v) is 1.69. The van der Waals surface area contributed by atoms with Gasteiger partial charge in [-0.2, -0.15) is 0 Å². The molecular weight excluding hydrogens is 138 g/mol. The lowest BCUT2D eigenvalue weighted by Crippen LogP contribution is -1.92. The van der Waals surface area contributed by atoms with Crippen LogP contribution >= 0.6 is 0 Å². The van der Waals surface area contributed by atoms with Crippen LogP contribution < -0.4 is 10.5 Å².